The molecule has 3 atom stereocenters. The monoisotopic (exact) mass is 241 g/mol. The van der Waals surface area contributed by atoms with Gasteiger partial charge in [-0.25, -0.2) is 0 Å². The fourth-order valence-corrected chi connectivity index (χ4v) is 2.53. The molecule has 0 radical (unpaired) electrons. The van der Waals surface area contributed by atoms with Gasteiger partial charge >= 0.3 is 0 Å². The van der Waals surface area contributed by atoms with Crippen molar-refractivity contribution >= 4 is 0 Å². The van der Waals surface area contributed by atoms with Crippen LogP contribution in [0.15, 0.2) is 42.5 Å². The first-order valence-electron chi connectivity index (χ1n) is 6.35. The van der Waals surface area contributed by atoms with Gasteiger partial charge < -0.3 is 4.74 Å². The molecular weight excluding hydrogens is 222 g/mol. The predicted molar refractivity (Wildman–Crippen MR) is 71.8 cm³/mol. The molecule has 2 rings (SSSR count). The van der Waals surface area contributed by atoms with Gasteiger partial charge in [0, 0.05) is 5.92 Å². The highest BCUT2D eigenvalue weighted by Crippen LogP contribution is 2.43. The number of nitriles is 1. The Labute approximate surface area is 109 Å². The summed E-state index contributed by atoms with van der Waals surface area (Å²) < 4.78 is 6.06. The maximum atomic E-state index is 9.24. The zero-order valence-electron chi connectivity index (χ0n) is 11.0. The van der Waals surface area contributed by atoms with Crippen molar-refractivity contribution in [3.05, 3.63) is 48.0 Å². The summed E-state index contributed by atoms with van der Waals surface area (Å²) in [4.78, 5) is 0. The highest BCUT2D eigenvalue weighted by atomic mass is 16.5. The van der Waals surface area contributed by atoms with Crippen molar-refractivity contribution in [3.8, 4) is 6.07 Å². The second-order valence-electron chi connectivity index (χ2n) is 5.28. The van der Waals surface area contributed by atoms with E-state index in [1.54, 1.807) is 0 Å². The fourth-order valence-electron chi connectivity index (χ4n) is 2.53. The number of ether oxygens (including phenoxy) is 1. The largest absolute Gasteiger partial charge is 0.352 e. The van der Waals surface area contributed by atoms with E-state index in [1.165, 1.54) is 0 Å². The third-order valence-electron chi connectivity index (χ3n) is 3.68. The molecular formula is C16H19NO. The third kappa shape index (κ3) is 2.47. The molecule has 2 nitrogen and oxygen atoms in total. The van der Waals surface area contributed by atoms with E-state index >= 15 is 0 Å². The molecule has 1 aliphatic heterocycles. The highest BCUT2D eigenvalue weighted by molar-refractivity contribution is 5.23. The van der Waals surface area contributed by atoms with Gasteiger partial charge in [0.2, 0.25) is 0 Å². The molecule has 0 N–H and O–H groups in total. The molecule has 1 heterocycles. The first kappa shape index (κ1) is 12.9. The van der Waals surface area contributed by atoms with E-state index in [9.17, 15) is 5.26 Å². The van der Waals surface area contributed by atoms with E-state index in [2.05, 4.69) is 24.8 Å². The van der Waals surface area contributed by atoms with Gasteiger partial charge in [-0.05, 0) is 32.3 Å². The van der Waals surface area contributed by atoms with Crippen LogP contribution in [0, 0.1) is 17.2 Å². The number of hydrogen-bond acceptors (Lipinski definition) is 2. The topological polar surface area (TPSA) is 33.0 Å². The lowest BCUT2D eigenvalue weighted by Crippen LogP contribution is -2.37. The number of benzene rings is 1. The molecule has 1 saturated heterocycles. The Morgan fingerprint density at radius 2 is 2.11 bits per heavy atom. The van der Waals surface area contributed by atoms with Crippen LogP contribution in [0.2, 0.25) is 0 Å². The lowest BCUT2D eigenvalue weighted by atomic mass is 9.80. The smallest absolute Gasteiger partial charge is 0.152 e. The first-order chi connectivity index (χ1) is 8.56. The average molecular weight is 241 g/mol. The van der Waals surface area contributed by atoms with Crippen LogP contribution in [-0.4, -0.2) is 5.60 Å². The molecule has 2 heteroatoms. The Bertz CT molecular complexity index is 474. The number of nitrogens with zero attached hydrogens (tertiary/aromatic N) is 1. The van der Waals surface area contributed by atoms with Crippen molar-refractivity contribution in [2.45, 2.75) is 38.4 Å². The van der Waals surface area contributed by atoms with Gasteiger partial charge in [-0.15, -0.1) is 0 Å². The van der Waals surface area contributed by atoms with E-state index in [-0.39, 0.29) is 6.10 Å². The highest BCUT2D eigenvalue weighted by Gasteiger charge is 2.39. The molecule has 0 aliphatic carbocycles. The molecule has 1 aromatic rings. The Hall–Kier alpha value is -1.59. The third-order valence-corrected chi connectivity index (χ3v) is 3.68. The summed E-state index contributed by atoms with van der Waals surface area (Å²) in [5, 5.41) is 9.24. The van der Waals surface area contributed by atoms with Crippen molar-refractivity contribution in [2.24, 2.45) is 5.92 Å². The Morgan fingerprint density at radius 3 is 2.67 bits per heavy atom. The predicted octanol–water partition coefficient (Wildman–Crippen LogP) is 4.01. The van der Waals surface area contributed by atoms with Crippen molar-refractivity contribution < 1.29 is 4.74 Å². The average Bonchev–Trinajstić information content (AvgIpc) is 2.39. The molecule has 0 amide bonds. The van der Waals surface area contributed by atoms with E-state index in [0.717, 1.165) is 24.0 Å². The van der Waals surface area contributed by atoms with Crippen molar-refractivity contribution in [3.63, 3.8) is 0 Å². The molecule has 1 aliphatic rings. The standard InChI is InChI=1S/C16H19NO/c1-12(2)14-9-10-16(3,11-17)18-15(14)13-7-5-4-6-8-13/h4-8,14-15H,1,9-10H2,2-3H3. The summed E-state index contributed by atoms with van der Waals surface area (Å²) in [6.07, 6.45) is 1.67. The molecule has 1 fully saturated rings. The van der Waals surface area contributed by atoms with Crippen molar-refractivity contribution in [2.75, 3.05) is 0 Å². The van der Waals surface area contributed by atoms with Crippen LogP contribution in [0.25, 0.3) is 0 Å². The maximum absolute atomic E-state index is 9.24. The normalized spacial score (nSPS) is 31.6. The number of rotatable bonds is 2. The molecule has 18 heavy (non-hydrogen) atoms. The minimum atomic E-state index is -0.674. The van der Waals surface area contributed by atoms with Gasteiger partial charge in [-0.1, -0.05) is 42.5 Å². The lowest BCUT2D eigenvalue weighted by molar-refractivity contribution is -0.108. The van der Waals surface area contributed by atoms with E-state index in [0.29, 0.717) is 5.92 Å². The van der Waals surface area contributed by atoms with Crippen LogP contribution in [0.4, 0.5) is 0 Å². The fraction of sp³-hybridized carbons (Fsp3) is 0.438. The van der Waals surface area contributed by atoms with Crippen LogP contribution in [0.1, 0.15) is 38.4 Å². The number of hydrogen-bond donors (Lipinski definition) is 0. The molecule has 0 aromatic heterocycles. The summed E-state index contributed by atoms with van der Waals surface area (Å²) >= 11 is 0. The zero-order chi connectivity index (χ0) is 13.2. The summed E-state index contributed by atoms with van der Waals surface area (Å²) in [5.41, 5.74) is 1.59. The first-order valence-corrected chi connectivity index (χ1v) is 6.35. The van der Waals surface area contributed by atoms with E-state index < -0.39 is 5.60 Å². The Kier molecular flexibility index (Phi) is 3.54. The van der Waals surface area contributed by atoms with Crippen molar-refractivity contribution in [1.29, 1.82) is 5.26 Å². The van der Waals surface area contributed by atoms with E-state index in [1.807, 2.05) is 32.0 Å². The molecule has 0 saturated carbocycles. The van der Waals surface area contributed by atoms with Gasteiger partial charge in [-0.3, -0.25) is 0 Å². The summed E-state index contributed by atoms with van der Waals surface area (Å²) in [5.74, 6) is 0.300. The minimum Gasteiger partial charge on any atom is -0.352 e. The molecule has 3 unspecified atom stereocenters. The van der Waals surface area contributed by atoms with Crippen LogP contribution < -0.4 is 0 Å². The van der Waals surface area contributed by atoms with Crippen LogP contribution >= 0.6 is 0 Å². The molecule has 0 bridgehead atoms. The van der Waals surface area contributed by atoms with Crippen LogP contribution in [0.3, 0.4) is 0 Å². The summed E-state index contributed by atoms with van der Waals surface area (Å²) in [6, 6.07) is 12.4. The van der Waals surface area contributed by atoms with Gasteiger partial charge in [-0.2, -0.15) is 5.26 Å². The zero-order valence-corrected chi connectivity index (χ0v) is 11.0. The SMILES string of the molecule is C=C(C)C1CCC(C)(C#N)OC1c1ccccc1. The van der Waals surface area contributed by atoms with Gasteiger partial charge in [0.1, 0.15) is 0 Å². The van der Waals surface area contributed by atoms with Crippen LogP contribution in [-0.2, 0) is 4.74 Å². The van der Waals surface area contributed by atoms with Gasteiger partial charge in [0.25, 0.3) is 0 Å². The molecule has 0 spiro atoms. The maximum Gasteiger partial charge on any atom is 0.152 e. The van der Waals surface area contributed by atoms with Gasteiger partial charge in [0.15, 0.2) is 5.60 Å². The lowest BCUT2D eigenvalue weighted by Gasteiger charge is -2.40. The summed E-state index contributed by atoms with van der Waals surface area (Å²) in [7, 11) is 0. The van der Waals surface area contributed by atoms with E-state index in [4.69, 9.17) is 4.74 Å². The minimum absolute atomic E-state index is 0.0536. The van der Waals surface area contributed by atoms with Crippen molar-refractivity contribution in [1.82, 2.24) is 0 Å². The Morgan fingerprint density at radius 1 is 1.44 bits per heavy atom. The second kappa shape index (κ2) is 4.96. The molecule has 94 valence electrons. The molecule has 1 aromatic carbocycles. The van der Waals surface area contributed by atoms with Gasteiger partial charge in [0.05, 0.1) is 12.2 Å². The second-order valence-corrected chi connectivity index (χ2v) is 5.28. The van der Waals surface area contributed by atoms with Crippen LogP contribution in [0.5, 0.6) is 0 Å². The quantitative estimate of drug-likeness (QED) is 0.733. The summed E-state index contributed by atoms with van der Waals surface area (Å²) in [6.45, 7) is 7.98. The Balaban J connectivity index is 2.32.